The van der Waals surface area contributed by atoms with Crippen molar-refractivity contribution in [2.24, 2.45) is 10.9 Å². The average Bonchev–Trinajstić information content (AvgIpc) is 2.44. The van der Waals surface area contributed by atoms with Gasteiger partial charge in [0.1, 0.15) is 17.6 Å². The third kappa shape index (κ3) is 4.95. The zero-order valence-corrected chi connectivity index (χ0v) is 12.4. The van der Waals surface area contributed by atoms with E-state index in [2.05, 4.69) is 10.5 Å². The minimum absolute atomic E-state index is 0.138. The number of amides is 1. The van der Waals surface area contributed by atoms with Gasteiger partial charge in [0.2, 0.25) is 5.91 Å². The molecule has 1 rings (SSSR count). The first-order valence-electron chi connectivity index (χ1n) is 5.93. The predicted octanol–water partition coefficient (Wildman–Crippen LogP) is 0.183. The molecule has 8 nitrogen and oxygen atoms in total. The number of carbonyl (C=O) groups is 1. The minimum Gasteiger partial charge on any atom is -0.483 e. The molecule has 0 saturated carbocycles. The van der Waals surface area contributed by atoms with Crippen molar-refractivity contribution in [2.45, 2.75) is 12.2 Å². The van der Waals surface area contributed by atoms with E-state index in [0.717, 1.165) is 6.26 Å². The Kier molecular flexibility index (Phi) is 5.53. The molecule has 4 N–H and O–H groups in total. The van der Waals surface area contributed by atoms with Gasteiger partial charge < -0.3 is 21.0 Å². The molecule has 0 fully saturated rings. The van der Waals surface area contributed by atoms with Crippen molar-refractivity contribution in [1.29, 1.82) is 0 Å². The zero-order chi connectivity index (χ0) is 16.0. The molecule has 1 aromatic rings. The van der Waals surface area contributed by atoms with Gasteiger partial charge in [0.15, 0.2) is 15.7 Å². The monoisotopic (exact) mass is 315 g/mol. The van der Waals surface area contributed by atoms with Gasteiger partial charge in [-0.3, -0.25) is 4.79 Å². The van der Waals surface area contributed by atoms with Gasteiger partial charge in [0, 0.05) is 6.26 Å². The van der Waals surface area contributed by atoms with E-state index in [1.165, 1.54) is 6.92 Å². The smallest absolute Gasteiger partial charge is 0.242 e. The van der Waals surface area contributed by atoms with Crippen molar-refractivity contribution >= 4 is 27.3 Å². The summed E-state index contributed by atoms with van der Waals surface area (Å²) < 4.78 is 28.0. The normalized spacial score (nSPS) is 13.5. The topological polar surface area (TPSA) is 131 Å². The summed E-state index contributed by atoms with van der Waals surface area (Å²) >= 11 is 0. The summed E-state index contributed by atoms with van der Waals surface area (Å²) in [5.74, 6) is -0.531. The molecule has 116 valence electrons. The van der Waals surface area contributed by atoms with Gasteiger partial charge in [-0.1, -0.05) is 17.3 Å². The number of ether oxygens (including phenoxy) is 1. The largest absolute Gasteiger partial charge is 0.483 e. The van der Waals surface area contributed by atoms with E-state index >= 15 is 0 Å². The number of oxime groups is 1. The molecule has 0 aliphatic rings. The highest BCUT2D eigenvalue weighted by Gasteiger charge is 2.24. The van der Waals surface area contributed by atoms with E-state index in [-0.39, 0.29) is 18.2 Å². The van der Waals surface area contributed by atoms with E-state index < -0.39 is 21.0 Å². The van der Waals surface area contributed by atoms with Crippen molar-refractivity contribution in [2.75, 3.05) is 18.2 Å². The van der Waals surface area contributed by atoms with Crippen LogP contribution in [0.3, 0.4) is 0 Å². The van der Waals surface area contributed by atoms with Gasteiger partial charge >= 0.3 is 0 Å². The fourth-order valence-corrected chi connectivity index (χ4v) is 1.75. The molecule has 0 radical (unpaired) electrons. The second-order valence-corrected chi connectivity index (χ2v) is 6.70. The maximum Gasteiger partial charge on any atom is 0.242 e. The summed E-state index contributed by atoms with van der Waals surface area (Å²) in [5.41, 5.74) is 5.58. The third-order valence-corrected chi connectivity index (χ3v) is 4.16. The number of nitrogens with two attached hydrogens (primary N) is 1. The van der Waals surface area contributed by atoms with Crippen molar-refractivity contribution in [1.82, 2.24) is 0 Å². The molecule has 0 saturated heterocycles. The lowest BCUT2D eigenvalue weighted by Gasteiger charge is -2.14. The van der Waals surface area contributed by atoms with Crippen LogP contribution in [0.2, 0.25) is 0 Å². The maximum atomic E-state index is 11.9. The quantitative estimate of drug-likeness (QED) is 0.297. The first kappa shape index (κ1) is 16.8. The molecular weight excluding hydrogens is 298 g/mol. The molecule has 0 aromatic heterocycles. The van der Waals surface area contributed by atoms with Crippen molar-refractivity contribution in [3.05, 3.63) is 24.3 Å². The number of sulfone groups is 1. The summed E-state index contributed by atoms with van der Waals surface area (Å²) in [4.78, 5) is 11.9. The first-order valence-corrected chi connectivity index (χ1v) is 7.89. The van der Waals surface area contributed by atoms with E-state index in [0.29, 0.717) is 5.69 Å². The fraction of sp³-hybridized carbons (Fsp3) is 0.333. The van der Waals surface area contributed by atoms with Crippen LogP contribution in [0.25, 0.3) is 0 Å². The van der Waals surface area contributed by atoms with Crippen LogP contribution in [0.4, 0.5) is 5.69 Å². The Bertz CT molecular complexity index is 642. The number of rotatable bonds is 6. The van der Waals surface area contributed by atoms with Crippen LogP contribution in [0.1, 0.15) is 6.92 Å². The molecule has 0 spiro atoms. The number of anilines is 1. The summed E-state index contributed by atoms with van der Waals surface area (Å²) in [6.07, 6.45) is 0.984. The van der Waals surface area contributed by atoms with E-state index in [1.807, 2.05) is 0 Å². The summed E-state index contributed by atoms with van der Waals surface area (Å²) in [7, 11) is -3.49. The lowest BCUT2D eigenvalue weighted by Crippen LogP contribution is -2.32. The summed E-state index contributed by atoms with van der Waals surface area (Å²) in [6, 6.07) is 6.42. The van der Waals surface area contributed by atoms with E-state index in [9.17, 15) is 13.2 Å². The molecular formula is C12H17N3O5S. The van der Waals surface area contributed by atoms with Crippen LogP contribution in [0.15, 0.2) is 29.4 Å². The maximum absolute atomic E-state index is 11.9. The number of carbonyl (C=O) groups excluding carboxylic acids is 1. The molecule has 0 aliphatic heterocycles. The predicted molar refractivity (Wildman–Crippen MR) is 78.3 cm³/mol. The lowest BCUT2D eigenvalue weighted by molar-refractivity contribution is -0.115. The Hall–Kier alpha value is -2.29. The van der Waals surface area contributed by atoms with Gasteiger partial charge in [-0.15, -0.1) is 0 Å². The number of benzene rings is 1. The molecule has 1 amide bonds. The van der Waals surface area contributed by atoms with Crippen LogP contribution in [0.5, 0.6) is 5.75 Å². The molecule has 1 atom stereocenters. The van der Waals surface area contributed by atoms with Crippen molar-refractivity contribution < 1.29 is 23.2 Å². The molecule has 1 aromatic carbocycles. The summed E-state index contributed by atoms with van der Waals surface area (Å²) in [6.45, 7) is 1.12. The lowest BCUT2D eigenvalue weighted by atomic mass is 10.3. The molecule has 0 bridgehead atoms. The van der Waals surface area contributed by atoms with Gasteiger partial charge in [0.25, 0.3) is 0 Å². The Labute approximate surface area is 122 Å². The number of nitrogens with one attached hydrogen (secondary N) is 1. The molecule has 0 heterocycles. The zero-order valence-electron chi connectivity index (χ0n) is 11.6. The Morgan fingerprint density at radius 2 is 2.10 bits per heavy atom. The molecule has 21 heavy (non-hydrogen) atoms. The number of hydrogen-bond acceptors (Lipinski definition) is 6. The van der Waals surface area contributed by atoms with Crippen molar-refractivity contribution in [3.8, 4) is 5.75 Å². The van der Waals surface area contributed by atoms with Crippen molar-refractivity contribution in [3.63, 3.8) is 0 Å². The second-order valence-electron chi connectivity index (χ2n) is 4.34. The Balaban J connectivity index is 2.87. The average molecular weight is 315 g/mol. The Morgan fingerprint density at radius 3 is 2.67 bits per heavy atom. The highest BCUT2D eigenvalue weighted by atomic mass is 32.2. The van der Waals surface area contributed by atoms with Gasteiger partial charge in [-0.25, -0.2) is 8.42 Å². The minimum atomic E-state index is -3.49. The second kappa shape index (κ2) is 6.93. The number of hydrogen-bond donors (Lipinski definition) is 3. The highest BCUT2D eigenvalue weighted by molar-refractivity contribution is 7.92. The molecule has 9 heteroatoms. The first-order chi connectivity index (χ1) is 9.75. The van der Waals surface area contributed by atoms with E-state index in [1.54, 1.807) is 24.3 Å². The number of para-hydroxylation sites is 2. The molecule has 0 aliphatic carbocycles. The SMILES string of the molecule is CC(C(=O)Nc1ccccc1OC/C(N)=N/O)S(C)(=O)=O. The van der Waals surface area contributed by atoms with Gasteiger partial charge in [-0.2, -0.15) is 0 Å². The standard InChI is InChI=1S/C12H17N3O5S/c1-8(21(2,18)19)12(16)14-9-5-3-4-6-10(9)20-7-11(13)15-17/h3-6,8,17H,7H2,1-2H3,(H2,13,15)(H,14,16). The third-order valence-electron chi connectivity index (χ3n) is 2.66. The van der Waals surface area contributed by atoms with Gasteiger partial charge in [-0.05, 0) is 19.1 Å². The van der Waals surface area contributed by atoms with Crippen LogP contribution in [0, 0.1) is 0 Å². The van der Waals surface area contributed by atoms with E-state index in [4.69, 9.17) is 15.7 Å². The van der Waals surface area contributed by atoms with Gasteiger partial charge in [0.05, 0.1) is 5.69 Å². The number of amidine groups is 1. The fourth-order valence-electron chi connectivity index (χ4n) is 1.31. The van der Waals surface area contributed by atoms with Crippen LogP contribution in [-0.4, -0.2) is 43.5 Å². The van der Waals surface area contributed by atoms with Crippen LogP contribution < -0.4 is 15.8 Å². The molecule has 1 unspecified atom stereocenters. The highest BCUT2D eigenvalue weighted by Crippen LogP contribution is 2.24. The van der Waals surface area contributed by atoms with Crippen LogP contribution in [-0.2, 0) is 14.6 Å². The summed E-state index contributed by atoms with van der Waals surface area (Å²) in [5, 5.41) is 12.5. The number of nitrogens with zero attached hydrogens (tertiary/aromatic N) is 1. The Morgan fingerprint density at radius 1 is 1.48 bits per heavy atom. The van der Waals surface area contributed by atoms with Crippen LogP contribution >= 0.6 is 0 Å².